The molecule has 0 aliphatic carbocycles. The fourth-order valence-electron chi connectivity index (χ4n) is 1.55. The predicted molar refractivity (Wildman–Crippen MR) is 58.1 cm³/mol. The van der Waals surface area contributed by atoms with Crippen molar-refractivity contribution in [2.24, 2.45) is 0 Å². The molecular formula is C13H9FN2. The highest BCUT2D eigenvalue weighted by atomic mass is 19.1. The van der Waals surface area contributed by atoms with Crippen LogP contribution in [0.25, 0.3) is 0 Å². The molecule has 0 bridgehead atoms. The summed E-state index contributed by atoms with van der Waals surface area (Å²) in [6.45, 7) is 0. The van der Waals surface area contributed by atoms with Gasteiger partial charge in [0.05, 0.1) is 12.0 Å². The number of aromatic nitrogens is 1. The van der Waals surface area contributed by atoms with Gasteiger partial charge in [-0.1, -0.05) is 12.1 Å². The van der Waals surface area contributed by atoms with Crippen molar-refractivity contribution >= 4 is 0 Å². The molecule has 0 N–H and O–H groups in total. The van der Waals surface area contributed by atoms with Gasteiger partial charge < -0.3 is 0 Å². The number of rotatable bonds is 2. The van der Waals surface area contributed by atoms with Gasteiger partial charge in [0.2, 0.25) is 0 Å². The molecule has 1 atom stereocenters. The Bertz CT molecular complexity index is 500. The maximum atomic E-state index is 12.8. The topological polar surface area (TPSA) is 36.7 Å². The molecule has 2 rings (SSSR count). The smallest absolute Gasteiger partial charge is 0.123 e. The normalized spacial score (nSPS) is 11.8. The summed E-state index contributed by atoms with van der Waals surface area (Å²) in [6.07, 6.45) is 3.28. The standard InChI is InChI=1S/C13H9FN2/c14-12-3-1-10(2-4-12)13(9-15)11-5-7-16-8-6-11/h1-8,13H. The minimum atomic E-state index is -0.372. The number of hydrogen-bond donors (Lipinski definition) is 0. The Morgan fingerprint density at radius 1 is 1.00 bits per heavy atom. The van der Waals surface area contributed by atoms with Crippen molar-refractivity contribution in [3.05, 3.63) is 65.7 Å². The molecule has 0 aliphatic rings. The van der Waals surface area contributed by atoms with Gasteiger partial charge in [0.1, 0.15) is 5.82 Å². The largest absolute Gasteiger partial charge is 0.265 e. The third kappa shape index (κ3) is 2.06. The van der Waals surface area contributed by atoms with Crippen LogP contribution in [0.2, 0.25) is 0 Å². The van der Waals surface area contributed by atoms with Gasteiger partial charge in [0.15, 0.2) is 0 Å². The first-order valence-corrected chi connectivity index (χ1v) is 4.86. The Hall–Kier alpha value is -2.21. The van der Waals surface area contributed by atoms with E-state index in [1.165, 1.54) is 12.1 Å². The summed E-state index contributed by atoms with van der Waals surface area (Å²) in [7, 11) is 0. The lowest BCUT2D eigenvalue weighted by molar-refractivity contribution is 0.627. The van der Waals surface area contributed by atoms with E-state index in [1.807, 2.05) is 0 Å². The maximum Gasteiger partial charge on any atom is 0.123 e. The summed E-state index contributed by atoms with van der Waals surface area (Å²) < 4.78 is 12.8. The Morgan fingerprint density at radius 2 is 1.56 bits per heavy atom. The van der Waals surface area contributed by atoms with Crippen LogP contribution in [-0.2, 0) is 0 Å². The Balaban J connectivity index is 2.38. The zero-order valence-corrected chi connectivity index (χ0v) is 8.47. The lowest BCUT2D eigenvalue weighted by Crippen LogP contribution is -1.98. The number of benzene rings is 1. The van der Waals surface area contributed by atoms with E-state index in [0.717, 1.165) is 11.1 Å². The van der Waals surface area contributed by atoms with E-state index < -0.39 is 0 Å². The lowest BCUT2D eigenvalue weighted by Gasteiger charge is -2.08. The summed E-state index contributed by atoms with van der Waals surface area (Å²) in [6, 6.07) is 11.8. The number of hydrogen-bond acceptors (Lipinski definition) is 2. The first-order valence-electron chi connectivity index (χ1n) is 4.86. The first kappa shape index (κ1) is 10.3. The highest BCUT2D eigenvalue weighted by molar-refractivity contribution is 5.36. The van der Waals surface area contributed by atoms with Gasteiger partial charge in [-0.15, -0.1) is 0 Å². The molecule has 0 aliphatic heterocycles. The highest BCUT2D eigenvalue weighted by Gasteiger charge is 2.12. The fraction of sp³-hybridized carbons (Fsp3) is 0.0769. The van der Waals surface area contributed by atoms with Crippen molar-refractivity contribution in [1.82, 2.24) is 4.98 Å². The van der Waals surface area contributed by atoms with E-state index in [-0.39, 0.29) is 11.7 Å². The average Bonchev–Trinajstić information content (AvgIpc) is 2.34. The van der Waals surface area contributed by atoms with Crippen LogP contribution in [0, 0.1) is 17.1 Å². The molecule has 16 heavy (non-hydrogen) atoms. The molecule has 1 unspecified atom stereocenters. The summed E-state index contributed by atoms with van der Waals surface area (Å²) in [4.78, 5) is 3.90. The zero-order chi connectivity index (χ0) is 11.4. The van der Waals surface area contributed by atoms with Crippen molar-refractivity contribution in [2.75, 3.05) is 0 Å². The van der Waals surface area contributed by atoms with E-state index >= 15 is 0 Å². The van der Waals surface area contributed by atoms with Crippen molar-refractivity contribution in [3.8, 4) is 6.07 Å². The third-order valence-corrected chi connectivity index (χ3v) is 2.37. The highest BCUT2D eigenvalue weighted by Crippen LogP contribution is 2.23. The molecule has 0 spiro atoms. The van der Waals surface area contributed by atoms with Gasteiger partial charge in [-0.3, -0.25) is 4.98 Å². The molecule has 2 nitrogen and oxygen atoms in total. The van der Waals surface area contributed by atoms with Gasteiger partial charge in [-0.05, 0) is 35.4 Å². The van der Waals surface area contributed by atoms with Crippen LogP contribution in [0.15, 0.2) is 48.8 Å². The summed E-state index contributed by atoms with van der Waals surface area (Å²) in [5.41, 5.74) is 1.65. The number of nitrogens with zero attached hydrogens (tertiary/aromatic N) is 2. The van der Waals surface area contributed by atoms with Crippen LogP contribution in [0.3, 0.4) is 0 Å². The molecule has 1 heterocycles. The minimum absolute atomic E-state index is 0.296. The Labute approximate surface area is 93.0 Å². The van der Waals surface area contributed by atoms with Gasteiger partial charge >= 0.3 is 0 Å². The quantitative estimate of drug-likeness (QED) is 0.767. The second-order valence-electron chi connectivity index (χ2n) is 3.39. The van der Waals surface area contributed by atoms with Crippen LogP contribution < -0.4 is 0 Å². The predicted octanol–water partition coefficient (Wildman–Crippen LogP) is 2.88. The van der Waals surface area contributed by atoms with Gasteiger partial charge in [-0.2, -0.15) is 5.26 Å². The van der Waals surface area contributed by atoms with Crippen molar-refractivity contribution in [1.29, 1.82) is 5.26 Å². The van der Waals surface area contributed by atoms with Gasteiger partial charge in [-0.25, -0.2) is 4.39 Å². The van der Waals surface area contributed by atoms with Crippen LogP contribution in [0.5, 0.6) is 0 Å². The molecule has 0 amide bonds. The molecule has 0 saturated heterocycles. The molecule has 0 radical (unpaired) electrons. The monoisotopic (exact) mass is 212 g/mol. The summed E-state index contributed by atoms with van der Waals surface area (Å²) >= 11 is 0. The van der Waals surface area contributed by atoms with E-state index in [0.29, 0.717) is 0 Å². The van der Waals surface area contributed by atoms with Crippen molar-refractivity contribution in [3.63, 3.8) is 0 Å². The number of nitriles is 1. The third-order valence-electron chi connectivity index (χ3n) is 2.37. The van der Waals surface area contributed by atoms with Crippen LogP contribution in [-0.4, -0.2) is 4.98 Å². The molecule has 78 valence electrons. The zero-order valence-electron chi connectivity index (χ0n) is 8.47. The van der Waals surface area contributed by atoms with Crippen LogP contribution in [0.4, 0.5) is 4.39 Å². The Kier molecular flexibility index (Phi) is 2.93. The number of halogens is 1. The number of pyridine rings is 1. The van der Waals surface area contributed by atoms with Crippen LogP contribution >= 0.6 is 0 Å². The average molecular weight is 212 g/mol. The fourth-order valence-corrected chi connectivity index (χ4v) is 1.55. The SMILES string of the molecule is N#CC(c1ccncc1)c1ccc(F)cc1. The second kappa shape index (κ2) is 4.54. The Morgan fingerprint density at radius 3 is 2.12 bits per heavy atom. The molecule has 1 aromatic heterocycles. The summed E-state index contributed by atoms with van der Waals surface area (Å²) in [5, 5.41) is 9.14. The molecule has 0 fully saturated rings. The lowest BCUT2D eigenvalue weighted by atomic mass is 9.93. The second-order valence-corrected chi connectivity index (χ2v) is 3.39. The van der Waals surface area contributed by atoms with Crippen molar-refractivity contribution < 1.29 is 4.39 Å². The molecule has 2 aromatic rings. The van der Waals surface area contributed by atoms with E-state index in [2.05, 4.69) is 11.1 Å². The maximum absolute atomic E-state index is 12.8. The van der Waals surface area contributed by atoms with E-state index in [9.17, 15) is 4.39 Å². The van der Waals surface area contributed by atoms with E-state index in [1.54, 1.807) is 36.7 Å². The molecule has 0 saturated carbocycles. The van der Waals surface area contributed by atoms with E-state index in [4.69, 9.17) is 5.26 Å². The molecule has 1 aromatic carbocycles. The summed E-state index contributed by atoms with van der Waals surface area (Å²) in [5.74, 6) is -0.668. The first-order chi connectivity index (χ1) is 7.81. The minimum Gasteiger partial charge on any atom is -0.265 e. The van der Waals surface area contributed by atoms with Crippen molar-refractivity contribution in [2.45, 2.75) is 5.92 Å². The molecule has 3 heteroatoms. The van der Waals surface area contributed by atoms with Crippen LogP contribution in [0.1, 0.15) is 17.0 Å². The molecular weight excluding hydrogens is 203 g/mol. The van der Waals surface area contributed by atoms with Gasteiger partial charge in [0.25, 0.3) is 0 Å². The van der Waals surface area contributed by atoms with Gasteiger partial charge in [0, 0.05) is 12.4 Å².